The number of anilines is 1. The second-order valence-electron chi connectivity index (χ2n) is 9.93. The largest absolute Gasteiger partial charge is 0.444 e. The van der Waals surface area contributed by atoms with Crippen molar-refractivity contribution in [1.82, 2.24) is 9.88 Å². The average Bonchev–Trinajstić information content (AvgIpc) is 3.52. The number of aromatic nitrogens is 1. The lowest BCUT2D eigenvalue weighted by Crippen LogP contribution is -2.49. The fourth-order valence-electron chi connectivity index (χ4n) is 4.29. The molecular formula is C28H37N3O3S. The molecule has 0 unspecified atom stereocenters. The van der Waals surface area contributed by atoms with Gasteiger partial charge in [-0.2, -0.15) is 0 Å². The van der Waals surface area contributed by atoms with Gasteiger partial charge in [-0.05, 0) is 70.7 Å². The first-order valence-electron chi connectivity index (χ1n) is 12.5. The first-order valence-corrected chi connectivity index (χ1v) is 13.4. The van der Waals surface area contributed by atoms with Crippen LogP contribution in [0, 0.1) is 12.3 Å². The van der Waals surface area contributed by atoms with Gasteiger partial charge in [0.1, 0.15) is 16.7 Å². The highest BCUT2D eigenvalue weighted by atomic mass is 32.1. The quantitative estimate of drug-likeness (QED) is 0.278. The Labute approximate surface area is 213 Å². The molecule has 1 aliphatic heterocycles. The van der Waals surface area contributed by atoms with E-state index in [0.29, 0.717) is 19.5 Å². The smallest absolute Gasteiger partial charge is 0.410 e. The molecule has 2 aromatic rings. The molecule has 0 saturated carbocycles. The van der Waals surface area contributed by atoms with Gasteiger partial charge in [-0.15, -0.1) is 23.7 Å². The summed E-state index contributed by atoms with van der Waals surface area (Å²) >= 11 is 1.59. The number of benzene rings is 1. The van der Waals surface area contributed by atoms with Crippen LogP contribution in [0.15, 0.2) is 35.8 Å². The van der Waals surface area contributed by atoms with Gasteiger partial charge in [-0.25, -0.2) is 9.78 Å². The van der Waals surface area contributed by atoms with Crippen LogP contribution in [0.5, 0.6) is 0 Å². The number of hydrogen-bond acceptors (Lipinski definition) is 5. The van der Waals surface area contributed by atoms with Crippen molar-refractivity contribution < 1.29 is 14.3 Å². The summed E-state index contributed by atoms with van der Waals surface area (Å²) in [7, 11) is 0. The van der Waals surface area contributed by atoms with Gasteiger partial charge in [-0.3, -0.25) is 9.69 Å². The number of carbonyl (C=O) groups is 2. The Hall–Kier alpha value is -2.85. The molecule has 3 rings (SSSR count). The number of unbranched alkanes of at least 4 members (excludes halogenated alkanes) is 5. The van der Waals surface area contributed by atoms with Crippen LogP contribution < -0.4 is 4.90 Å². The van der Waals surface area contributed by atoms with Crippen molar-refractivity contribution in [2.45, 2.75) is 83.8 Å². The molecule has 2 amide bonds. The minimum Gasteiger partial charge on any atom is -0.444 e. The molecule has 0 radical (unpaired) electrons. The van der Waals surface area contributed by atoms with Crippen molar-refractivity contribution in [3.05, 3.63) is 35.8 Å². The average molecular weight is 496 g/mol. The van der Waals surface area contributed by atoms with Crippen molar-refractivity contribution in [1.29, 1.82) is 0 Å². The number of amides is 2. The summed E-state index contributed by atoms with van der Waals surface area (Å²) in [4.78, 5) is 34.4. The molecule has 6 nitrogen and oxygen atoms in total. The van der Waals surface area contributed by atoms with E-state index in [4.69, 9.17) is 11.2 Å². The van der Waals surface area contributed by atoms with Gasteiger partial charge in [0, 0.05) is 42.3 Å². The Morgan fingerprint density at radius 1 is 1.17 bits per heavy atom. The molecular weight excluding hydrogens is 458 g/mol. The van der Waals surface area contributed by atoms with Gasteiger partial charge in [-0.1, -0.05) is 19.3 Å². The number of nitrogens with zero attached hydrogens (tertiary/aromatic N) is 3. The van der Waals surface area contributed by atoms with Crippen LogP contribution in [0.1, 0.15) is 72.1 Å². The molecule has 0 aliphatic carbocycles. The van der Waals surface area contributed by atoms with E-state index in [1.54, 1.807) is 22.4 Å². The second kappa shape index (κ2) is 12.7. The molecule has 1 aromatic heterocycles. The first kappa shape index (κ1) is 26.7. The molecule has 35 heavy (non-hydrogen) atoms. The molecule has 0 bridgehead atoms. The number of hydrogen-bond donors (Lipinski definition) is 0. The lowest BCUT2D eigenvalue weighted by Gasteiger charge is -2.32. The maximum absolute atomic E-state index is 13.8. The highest BCUT2D eigenvalue weighted by Crippen LogP contribution is 2.28. The fraction of sp³-hybridized carbons (Fsp3) is 0.536. The Morgan fingerprint density at radius 2 is 1.89 bits per heavy atom. The minimum absolute atomic E-state index is 0.0392. The molecule has 1 fully saturated rings. The van der Waals surface area contributed by atoms with Crippen molar-refractivity contribution in [2.24, 2.45) is 0 Å². The lowest BCUT2D eigenvalue weighted by molar-refractivity contribution is -0.122. The number of terminal acetylenes is 1. The normalized spacial score (nSPS) is 15.6. The van der Waals surface area contributed by atoms with Crippen LogP contribution in [-0.2, 0) is 9.53 Å². The van der Waals surface area contributed by atoms with Crippen LogP contribution in [0.2, 0.25) is 0 Å². The van der Waals surface area contributed by atoms with E-state index >= 15 is 0 Å². The number of thiazole rings is 1. The van der Waals surface area contributed by atoms with E-state index in [1.807, 2.05) is 55.3 Å². The third kappa shape index (κ3) is 7.83. The Bertz CT molecular complexity index is 990. The first-order chi connectivity index (χ1) is 16.8. The van der Waals surface area contributed by atoms with Gasteiger partial charge < -0.3 is 9.64 Å². The van der Waals surface area contributed by atoms with Crippen LogP contribution in [0.25, 0.3) is 10.6 Å². The Morgan fingerprint density at radius 3 is 2.54 bits per heavy atom. The maximum Gasteiger partial charge on any atom is 0.410 e. The monoisotopic (exact) mass is 495 g/mol. The summed E-state index contributed by atoms with van der Waals surface area (Å²) < 4.78 is 5.59. The van der Waals surface area contributed by atoms with Crippen molar-refractivity contribution in [3.63, 3.8) is 0 Å². The number of carbonyl (C=O) groups excluding carboxylic acids is 2. The summed E-state index contributed by atoms with van der Waals surface area (Å²) in [5, 5.41) is 2.90. The molecule has 1 aliphatic rings. The molecule has 0 N–H and O–H groups in total. The number of likely N-dealkylation sites (tertiary alicyclic amines) is 1. The SMILES string of the molecule is C#CCCCCCCCN(C(=O)[C@@H]1CCCN1C(=O)OC(C)(C)C)c1ccc(-c2nccs2)cc1. The van der Waals surface area contributed by atoms with E-state index in [-0.39, 0.29) is 5.91 Å². The summed E-state index contributed by atoms with van der Waals surface area (Å²) in [5.74, 6) is 2.65. The third-order valence-electron chi connectivity index (χ3n) is 5.99. The number of rotatable bonds is 10. The van der Waals surface area contributed by atoms with Gasteiger partial charge in [0.25, 0.3) is 0 Å². The summed E-state index contributed by atoms with van der Waals surface area (Å²) in [6.07, 6.45) is 14.2. The fourth-order valence-corrected chi connectivity index (χ4v) is 4.93. The van der Waals surface area contributed by atoms with Gasteiger partial charge in [0.2, 0.25) is 5.91 Å². The highest BCUT2D eigenvalue weighted by molar-refractivity contribution is 7.13. The van der Waals surface area contributed by atoms with E-state index in [0.717, 1.165) is 61.2 Å². The molecule has 2 heterocycles. The Kier molecular flexibility index (Phi) is 9.73. The van der Waals surface area contributed by atoms with Gasteiger partial charge in [0.15, 0.2) is 0 Å². The van der Waals surface area contributed by atoms with Gasteiger partial charge >= 0.3 is 6.09 Å². The molecule has 1 saturated heterocycles. The van der Waals surface area contributed by atoms with Crippen LogP contribution in [0.4, 0.5) is 10.5 Å². The van der Waals surface area contributed by atoms with E-state index in [2.05, 4.69) is 10.9 Å². The van der Waals surface area contributed by atoms with Gasteiger partial charge in [0.05, 0.1) is 0 Å². The predicted molar refractivity (Wildman–Crippen MR) is 142 cm³/mol. The highest BCUT2D eigenvalue weighted by Gasteiger charge is 2.39. The van der Waals surface area contributed by atoms with Crippen LogP contribution in [0.3, 0.4) is 0 Å². The third-order valence-corrected chi connectivity index (χ3v) is 6.82. The second-order valence-corrected chi connectivity index (χ2v) is 10.8. The molecule has 1 atom stereocenters. The topological polar surface area (TPSA) is 62.7 Å². The van der Waals surface area contributed by atoms with Crippen molar-refractivity contribution in [3.8, 4) is 22.9 Å². The summed E-state index contributed by atoms with van der Waals surface area (Å²) in [6.45, 7) is 6.69. The summed E-state index contributed by atoms with van der Waals surface area (Å²) in [6, 6.07) is 7.48. The van der Waals surface area contributed by atoms with Crippen molar-refractivity contribution >= 4 is 29.0 Å². The predicted octanol–water partition coefficient (Wildman–Crippen LogP) is 6.52. The zero-order valence-corrected chi connectivity index (χ0v) is 22.0. The number of ether oxygens (including phenoxy) is 1. The molecule has 0 spiro atoms. The standard InChI is InChI=1S/C28H37N3O3S/c1-5-6-7-8-9-10-11-19-30(23-16-14-22(15-17-23)25-29-18-21-35-25)26(32)24-13-12-20-31(24)27(33)34-28(2,3)4/h1,14-18,21,24H,6-13,19-20H2,2-4H3/t24-/m0/s1. The van der Waals surface area contributed by atoms with E-state index < -0.39 is 17.7 Å². The lowest BCUT2D eigenvalue weighted by atomic mass is 10.1. The van der Waals surface area contributed by atoms with Crippen LogP contribution >= 0.6 is 11.3 Å². The van der Waals surface area contributed by atoms with Crippen LogP contribution in [-0.4, -0.2) is 46.6 Å². The minimum atomic E-state index is -0.599. The Balaban J connectivity index is 1.73. The maximum atomic E-state index is 13.8. The summed E-state index contributed by atoms with van der Waals surface area (Å²) in [5.41, 5.74) is 1.28. The molecule has 1 aromatic carbocycles. The molecule has 188 valence electrons. The molecule has 7 heteroatoms. The zero-order chi connectivity index (χ0) is 25.3. The van der Waals surface area contributed by atoms with E-state index in [9.17, 15) is 9.59 Å². The zero-order valence-electron chi connectivity index (χ0n) is 21.2. The van der Waals surface area contributed by atoms with E-state index in [1.165, 1.54) is 0 Å². The van der Waals surface area contributed by atoms with Crippen molar-refractivity contribution in [2.75, 3.05) is 18.0 Å².